The van der Waals surface area contributed by atoms with Crippen molar-refractivity contribution in [3.63, 3.8) is 0 Å². The van der Waals surface area contributed by atoms with Crippen molar-refractivity contribution in [2.24, 2.45) is 0 Å². The van der Waals surface area contributed by atoms with E-state index in [-0.39, 0.29) is 16.6 Å². The fourth-order valence-corrected chi connectivity index (χ4v) is 3.36. The van der Waals surface area contributed by atoms with Crippen LogP contribution in [0.5, 0.6) is 0 Å². The van der Waals surface area contributed by atoms with Crippen LogP contribution in [-0.2, 0) is 9.84 Å². The highest BCUT2D eigenvalue weighted by Crippen LogP contribution is 2.28. The Morgan fingerprint density at radius 2 is 1.95 bits per heavy atom. The zero-order valence-corrected chi connectivity index (χ0v) is 13.1. The Morgan fingerprint density at radius 1 is 1.25 bits per heavy atom. The molecule has 1 unspecified atom stereocenters. The Labute approximate surface area is 122 Å². The van der Waals surface area contributed by atoms with E-state index >= 15 is 0 Å². The number of rotatable bonds is 4. The lowest BCUT2D eigenvalue weighted by molar-refractivity contribution is 0.600. The highest BCUT2D eigenvalue weighted by molar-refractivity contribution is 7.90. The van der Waals surface area contributed by atoms with E-state index < -0.39 is 15.7 Å². The second-order valence-electron chi connectivity index (χ2n) is 4.73. The molecule has 0 saturated carbocycles. The summed E-state index contributed by atoms with van der Waals surface area (Å²) in [4.78, 5) is 2.36. The molecule has 0 bridgehead atoms. The number of nitrogens with one attached hydrogen (secondary N) is 1. The van der Waals surface area contributed by atoms with Crippen LogP contribution in [0.1, 0.15) is 22.7 Å². The van der Waals surface area contributed by atoms with Crippen LogP contribution in [-0.4, -0.2) is 14.7 Å². The maximum Gasteiger partial charge on any atom is 0.175 e. The van der Waals surface area contributed by atoms with E-state index in [4.69, 9.17) is 0 Å². The maximum absolute atomic E-state index is 13.8. The lowest BCUT2D eigenvalue weighted by atomic mass is 10.2. The van der Waals surface area contributed by atoms with Crippen LogP contribution in [0.15, 0.2) is 35.2 Å². The second kappa shape index (κ2) is 5.54. The van der Waals surface area contributed by atoms with Gasteiger partial charge in [-0.25, -0.2) is 12.8 Å². The van der Waals surface area contributed by atoms with Crippen LogP contribution in [0.2, 0.25) is 0 Å². The molecule has 1 aromatic carbocycles. The minimum absolute atomic E-state index is 0.0852. The van der Waals surface area contributed by atoms with Crippen molar-refractivity contribution in [1.82, 2.24) is 0 Å². The molecule has 1 heterocycles. The van der Waals surface area contributed by atoms with Gasteiger partial charge in [-0.1, -0.05) is 0 Å². The van der Waals surface area contributed by atoms with Crippen molar-refractivity contribution in [1.29, 1.82) is 0 Å². The first kappa shape index (κ1) is 15.0. The van der Waals surface area contributed by atoms with E-state index in [0.717, 1.165) is 11.1 Å². The standard InChI is InChI=1S/C14H16FNO2S2/c1-9-4-7-14(19-9)10(2)16-13-8-11(20(3,17)18)5-6-12(13)15/h4-8,10,16H,1-3H3. The lowest BCUT2D eigenvalue weighted by Gasteiger charge is -2.15. The molecule has 108 valence electrons. The van der Waals surface area contributed by atoms with Gasteiger partial charge in [0.2, 0.25) is 0 Å². The monoisotopic (exact) mass is 313 g/mol. The number of sulfone groups is 1. The van der Waals surface area contributed by atoms with Crippen LogP contribution in [0, 0.1) is 12.7 Å². The number of anilines is 1. The third-order valence-electron chi connectivity index (χ3n) is 2.93. The molecular weight excluding hydrogens is 297 g/mol. The second-order valence-corrected chi connectivity index (χ2v) is 8.06. The van der Waals surface area contributed by atoms with Crippen molar-refractivity contribution in [3.05, 3.63) is 45.9 Å². The minimum atomic E-state index is -3.34. The van der Waals surface area contributed by atoms with Crippen LogP contribution >= 0.6 is 11.3 Å². The molecule has 0 amide bonds. The molecule has 6 heteroatoms. The summed E-state index contributed by atoms with van der Waals surface area (Å²) < 4.78 is 36.8. The largest absolute Gasteiger partial charge is 0.375 e. The zero-order chi connectivity index (χ0) is 14.9. The third-order valence-corrected chi connectivity index (χ3v) is 5.22. The van der Waals surface area contributed by atoms with Gasteiger partial charge in [0.05, 0.1) is 16.6 Å². The highest BCUT2D eigenvalue weighted by atomic mass is 32.2. The molecule has 0 saturated heterocycles. The molecule has 0 spiro atoms. The summed E-state index contributed by atoms with van der Waals surface area (Å²) in [7, 11) is -3.34. The predicted octanol–water partition coefficient (Wildman–Crippen LogP) is 3.77. The van der Waals surface area contributed by atoms with E-state index in [1.807, 2.05) is 26.0 Å². The summed E-state index contributed by atoms with van der Waals surface area (Å²) in [5.41, 5.74) is 0.200. The number of hydrogen-bond donors (Lipinski definition) is 1. The van der Waals surface area contributed by atoms with Crippen LogP contribution in [0.4, 0.5) is 10.1 Å². The molecular formula is C14H16FNO2S2. The molecule has 0 fully saturated rings. The molecule has 0 aliphatic carbocycles. The highest BCUT2D eigenvalue weighted by Gasteiger charge is 2.14. The molecule has 2 rings (SSSR count). The number of halogens is 1. The van der Waals surface area contributed by atoms with Crippen LogP contribution < -0.4 is 5.32 Å². The van der Waals surface area contributed by atoms with Crippen LogP contribution in [0.3, 0.4) is 0 Å². The smallest absolute Gasteiger partial charge is 0.175 e. The number of aryl methyl sites for hydroxylation is 1. The normalized spacial score (nSPS) is 13.2. The Hall–Kier alpha value is -1.40. The summed E-state index contributed by atoms with van der Waals surface area (Å²) in [6.45, 7) is 3.92. The lowest BCUT2D eigenvalue weighted by Crippen LogP contribution is -2.08. The molecule has 20 heavy (non-hydrogen) atoms. The van der Waals surface area contributed by atoms with Gasteiger partial charge >= 0.3 is 0 Å². The first-order valence-corrected chi connectivity index (χ1v) is 8.80. The van der Waals surface area contributed by atoms with Gasteiger partial charge in [-0.3, -0.25) is 0 Å². The van der Waals surface area contributed by atoms with Crippen molar-refractivity contribution < 1.29 is 12.8 Å². The molecule has 3 nitrogen and oxygen atoms in total. The van der Waals surface area contributed by atoms with Gasteiger partial charge < -0.3 is 5.32 Å². The molecule has 0 radical (unpaired) electrons. The van der Waals surface area contributed by atoms with Gasteiger partial charge in [-0.15, -0.1) is 11.3 Å². The SMILES string of the molecule is Cc1ccc(C(C)Nc2cc(S(C)(=O)=O)ccc2F)s1. The average molecular weight is 313 g/mol. The fraction of sp³-hybridized carbons (Fsp3) is 0.286. The number of hydrogen-bond acceptors (Lipinski definition) is 4. The van der Waals surface area contributed by atoms with E-state index in [0.29, 0.717) is 0 Å². The molecule has 0 aliphatic heterocycles. The van der Waals surface area contributed by atoms with Gasteiger partial charge in [0, 0.05) is 16.0 Å². The Bertz CT molecular complexity index is 723. The molecule has 1 aromatic heterocycles. The van der Waals surface area contributed by atoms with Gasteiger partial charge in [-0.2, -0.15) is 0 Å². The van der Waals surface area contributed by atoms with Crippen molar-refractivity contribution >= 4 is 26.9 Å². The quantitative estimate of drug-likeness (QED) is 0.874. The van der Waals surface area contributed by atoms with Gasteiger partial charge in [0.15, 0.2) is 9.84 Å². The average Bonchev–Trinajstić information content (AvgIpc) is 2.77. The summed E-state index contributed by atoms with van der Waals surface area (Å²) in [6, 6.07) is 7.68. The van der Waals surface area contributed by atoms with Crippen LogP contribution in [0.25, 0.3) is 0 Å². The van der Waals surface area contributed by atoms with E-state index in [2.05, 4.69) is 5.32 Å². The van der Waals surface area contributed by atoms with Crippen molar-refractivity contribution in [2.45, 2.75) is 24.8 Å². The third kappa shape index (κ3) is 3.37. The summed E-state index contributed by atoms with van der Waals surface area (Å²) >= 11 is 1.63. The number of thiophene rings is 1. The summed E-state index contributed by atoms with van der Waals surface area (Å²) in [6.07, 6.45) is 1.11. The Kier molecular flexibility index (Phi) is 4.15. The van der Waals surface area contributed by atoms with E-state index in [1.165, 1.54) is 23.1 Å². The van der Waals surface area contributed by atoms with Gasteiger partial charge in [0.1, 0.15) is 5.82 Å². The molecule has 0 aliphatic rings. The fourth-order valence-electron chi connectivity index (χ4n) is 1.84. The molecule has 2 aromatic rings. The number of benzene rings is 1. The van der Waals surface area contributed by atoms with Gasteiger partial charge in [-0.05, 0) is 44.2 Å². The van der Waals surface area contributed by atoms with Gasteiger partial charge in [0.25, 0.3) is 0 Å². The Balaban J connectivity index is 2.29. The van der Waals surface area contributed by atoms with E-state index in [1.54, 1.807) is 11.3 Å². The summed E-state index contributed by atoms with van der Waals surface area (Å²) in [5, 5.41) is 3.02. The molecule has 1 N–H and O–H groups in total. The maximum atomic E-state index is 13.8. The van der Waals surface area contributed by atoms with E-state index in [9.17, 15) is 12.8 Å². The Morgan fingerprint density at radius 3 is 2.50 bits per heavy atom. The van der Waals surface area contributed by atoms with Crippen molar-refractivity contribution in [2.75, 3.05) is 11.6 Å². The van der Waals surface area contributed by atoms with Crippen molar-refractivity contribution in [3.8, 4) is 0 Å². The summed E-state index contributed by atoms with van der Waals surface area (Å²) in [5.74, 6) is -0.461. The molecule has 1 atom stereocenters. The zero-order valence-electron chi connectivity index (χ0n) is 11.5. The first-order chi connectivity index (χ1) is 9.27. The topological polar surface area (TPSA) is 46.2 Å². The first-order valence-electron chi connectivity index (χ1n) is 6.10. The predicted molar refractivity (Wildman–Crippen MR) is 80.6 cm³/mol. The minimum Gasteiger partial charge on any atom is -0.375 e.